The molecule has 1 heterocycles. The summed E-state index contributed by atoms with van der Waals surface area (Å²) in [5.41, 5.74) is 0. The van der Waals surface area contributed by atoms with Crippen molar-refractivity contribution in [2.75, 3.05) is 13.2 Å². The van der Waals surface area contributed by atoms with Crippen LogP contribution in [-0.2, 0) is 4.74 Å². The number of hydrogen-bond acceptors (Lipinski definition) is 2. The molecule has 3 unspecified atom stereocenters. The smallest absolute Gasteiger partial charge is 0.377 e. The molecule has 100 valence electrons. The van der Waals surface area contributed by atoms with Crippen molar-refractivity contribution < 1.29 is 17.9 Å². The van der Waals surface area contributed by atoms with Crippen LogP contribution in [0.1, 0.15) is 38.5 Å². The maximum Gasteiger partial charge on any atom is 0.393 e. The lowest BCUT2D eigenvalue weighted by molar-refractivity contribution is -0.189. The highest BCUT2D eigenvalue weighted by Crippen LogP contribution is 2.37. The monoisotopic (exact) mass is 251 g/mol. The van der Waals surface area contributed by atoms with E-state index in [-0.39, 0.29) is 12.5 Å². The molecular weight excluding hydrogens is 231 g/mol. The Hall–Kier alpha value is -0.290. The summed E-state index contributed by atoms with van der Waals surface area (Å²) in [5.74, 6) is -1.17. The van der Waals surface area contributed by atoms with E-state index in [0.717, 1.165) is 25.9 Å². The van der Waals surface area contributed by atoms with Crippen LogP contribution in [0, 0.1) is 5.92 Å². The molecule has 17 heavy (non-hydrogen) atoms. The molecule has 1 aliphatic heterocycles. The van der Waals surface area contributed by atoms with Crippen molar-refractivity contribution in [3.05, 3.63) is 0 Å². The van der Waals surface area contributed by atoms with Gasteiger partial charge in [0.05, 0.1) is 12.0 Å². The molecule has 5 heteroatoms. The summed E-state index contributed by atoms with van der Waals surface area (Å²) in [5, 5.41) is 3.08. The van der Waals surface area contributed by atoms with Gasteiger partial charge in [0, 0.05) is 19.2 Å². The lowest BCUT2D eigenvalue weighted by atomic mass is 9.84. The first-order valence-corrected chi connectivity index (χ1v) is 6.49. The molecule has 2 fully saturated rings. The van der Waals surface area contributed by atoms with Crippen molar-refractivity contribution >= 4 is 0 Å². The van der Waals surface area contributed by atoms with Crippen LogP contribution in [0.2, 0.25) is 0 Å². The van der Waals surface area contributed by atoms with Crippen molar-refractivity contribution in [2.24, 2.45) is 5.92 Å². The number of rotatable bonds is 3. The van der Waals surface area contributed by atoms with Crippen molar-refractivity contribution in [3.63, 3.8) is 0 Å². The van der Waals surface area contributed by atoms with Gasteiger partial charge in [0.2, 0.25) is 0 Å². The SMILES string of the molecule is FC(F)(F)C1CCCCC1NCC1CCCO1. The van der Waals surface area contributed by atoms with Crippen molar-refractivity contribution in [2.45, 2.75) is 56.8 Å². The van der Waals surface area contributed by atoms with E-state index in [2.05, 4.69) is 5.32 Å². The van der Waals surface area contributed by atoms with Gasteiger partial charge < -0.3 is 10.1 Å². The molecule has 1 saturated carbocycles. The second-order valence-electron chi connectivity index (χ2n) is 5.08. The number of halogens is 3. The number of nitrogens with one attached hydrogen (secondary N) is 1. The minimum absolute atomic E-state index is 0.116. The molecule has 3 atom stereocenters. The van der Waals surface area contributed by atoms with Crippen molar-refractivity contribution in [1.29, 1.82) is 0 Å². The van der Waals surface area contributed by atoms with Crippen LogP contribution in [0.3, 0.4) is 0 Å². The van der Waals surface area contributed by atoms with Gasteiger partial charge in [-0.15, -0.1) is 0 Å². The molecule has 1 aliphatic carbocycles. The Bertz CT molecular complexity index is 238. The Kier molecular flexibility index (Phi) is 4.31. The molecule has 0 radical (unpaired) electrons. The molecule has 0 aromatic rings. The Morgan fingerprint density at radius 1 is 1.06 bits per heavy atom. The van der Waals surface area contributed by atoms with Gasteiger partial charge >= 0.3 is 6.18 Å². The van der Waals surface area contributed by atoms with Gasteiger partial charge in [0.15, 0.2) is 0 Å². The number of ether oxygens (including phenoxy) is 1. The van der Waals surface area contributed by atoms with Crippen LogP contribution in [0.15, 0.2) is 0 Å². The quantitative estimate of drug-likeness (QED) is 0.832. The standard InChI is InChI=1S/C12H20F3NO/c13-12(14,15)10-5-1-2-6-11(10)16-8-9-4-3-7-17-9/h9-11,16H,1-8H2. The summed E-state index contributed by atoms with van der Waals surface area (Å²) in [6.07, 6.45) is 0.553. The van der Waals surface area contributed by atoms with E-state index >= 15 is 0 Å². The second kappa shape index (κ2) is 5.57. The van der Waals surface area contributed by atoms with Gasteiger partial charge in [-0.25, -0.2) is 0 Å². The fourth-order valence-electron chi connectivity index (χ4n) is 2.86. The van der Waals surface area contributed by atoms with Crippen LogP contribution < -0.4 is 5.32 Å². The van der Waals surface area contributed by atoms with Crippen LogP contribution in [0.4, 0.5) is 13.2 Å². The Labute approximate surface area is 99.9 Å². The topological polar surface area (TPSA) is 21.3 Å². The fourth-order valence-corrected chi connectivity index (χ4v) is 2.86. The molecule has 0 aromatic heterocycles. The third-order valence-electron chi connectivity index (χ3n) is 3.82. The summed E-state index contributed by atoms with van der Waals surface area (Å²) < 4.78 is 43.9. The molecule has 0 amide bonds. The van der Waals surface area contributed by atoms with E-state index < -0.39 is 18.1 Å². The van der Waals surface area contributed by atoms with Crippen LogP contribution in [0.25, 0.3) is 0 Å². The molecular formula is C12H20F3NO. The average molecular weight is 251 g/mol. The molecule has 2 nitrogen and oxygen atoms in total. The van der Waals surface area contributed by atoms with Gasteiger partial charge in [-0.2, -0.15) is 13.2 Å². The highest BCUT2D eigenvalue weighted by molar-refractivity contribution is 4.86. The third kappa shape index (κ3) is 3.58. The fraction of sp³-hybridized carbons (Fsp3) is 1.00. The first kappa shape index (κ1) is 13.1. The summed E-state index contributed by atoms with van der Waals surface area (Å²) in [7, 11) is 0. The molecule has 1 N–H and O–H groups in total. The zero-order valence-corrected chi connectivity index (χ0v) is 9.93. The lowest BCUT2D eigenvalue weighted by Crippen LogP contribution is -2.47. The normalized spacial score (nSPS) is 35.1. The first-order valence-electron chi connectivity index (χ1n) is 6.49. The Balaban J connectivity index is 1.83. The van der Waals surface area contributed by atoms with E-state index in [1.807, 2.05) is 0 Å². The van der Waals surface area contributed by atoms with E-state index in [9.17, 15) is 13.2 Å². The van der Waals surface area contributed by atoms with Crippen molar-refractivity contribution in [3.8, 4) is 0 Å². The van der Waals surface area contributed by atoms with E-state index in [4.69, 9.17) is 4.74 Å². The van der Waals surface area contributed by atoms with Gasteiger partial charge in [0.25, 0.3) is 0 Å². The lowest BCUT2D eigenvalue weighted by Gasteiger charge is -2.34. The van der Waals surface area contributed by atoms with E-state index in [1.54, 1.807) is 0 Å². The zero-order chi connectivity index (χ0) is 12.3. The summed E-state index contributed by atoms with van der Waals surface area (Å²) >= 11 is 0. The Morgan fingerprint density at radius 3 is 2.47 bits per heavy atom. The highest BCUT2D eigenvalue weighted by Gasteiger charge is 2.45. The maximum atomic E-state index is 12.8. The third-order valence-corrected chi connectivity index (χ3v) is 3.82. The van der Waals surface area contributed by atoms with Crippen LogP contribution in [0.5, 0.6) is 0 Å². The van der Waals surface area contributed by atoms with Gasteiger partial charge in [-0.1, -0.05) is 12.8 Å². The average Bonchev–Trinajstić information content (AvgIpc) is 2.78. The highest BCUT2D eigenvalue weighted by atomic mass is 19.4. The summed E-state index contributed by atoms with van der Waals surface area (Å²) in [4.78, 5) is 0. The predicted octanol–water partition coefficient (Wildman–Crippen LogP) is 2.88. The Morgan fingerprint density at radius 2 is 1.82 bits per heavy atom. The van der Waals surface area contributed by atoms with E-state index in [0.29, 0.717) is 19.4 Å². The molecule has 0 bridgehead atoms. The first-order chi connectivity index (χ1) is 8.07. The van der Waals surface area contributed by atoms with Crippen molar-refractivity contribution in [1.82, 2.24) is 5.32 Å². The predicted molar refractivity (Wildman–Crippen MR) is 58.8 cm³/mol. The minimum atomic E-state index is -4.06. The minimum Gasteiger partial charge on any atom is -0.377 e. The van der Waals surface area contributed by atoms with Gasteiger partial charge in [-0.3, -0.25) is 0 Å². The maximum absolute atomic E-state index is 12.8. The van der Waals surface area contributed by atoms with Crippen LogP contribution >= 0.6 is 0 Å². The molecule has 2 rings (SSSR count). The molecule has 1 saturated heterocycles. The van der Waals surface area contributed by atoms with Crippen LogP contribution in [-0.4, -0.2) is 31.5 Å². The molecule has 2 aliphatic rings. The molecule has 0 aromatic carbocycles. The summed E-state index contributed by atoms with van der Waals surface area (Å²) in [6.45, 7) is 1.32. The number of alkyl halides is 3. The van der Waals surface area contributed by atoms with Gasteiger partial charge in [-0.05, 0) is 25.7 Å². The second-order valence-corrected chi connectivity index (χ2v) is 5.08. The number of hydrogen-bond donors (Lipinski definition) is 1. The van der Waals surface area contributed by atoms with Gasteiger partial charge in [0.1, 0.15) is 0 Å². The molecule has 0 spiro atoms. The van der Waals surface area contributed by atoms with E-state index in [1.165, 1.54) is 0 Å². The largest absolute Gasteiger partial charge is 0.393 e. The summed E-state index contributed by atoms with van der Waals surface area (Å²) in [6, 6.07) is -0.409. The zero-order valence-electron chi connectivity index (χ0n) is 9.93.